The van der Waals surface area contributed by atoms with Gasteiger partial charge < -0.3 is 14.7 Å². The van der Waals surface area contributed by atoms with Crippen molar-refractivity contribution in [2.24, 2.45) is 11.8 Å². The van der Waals surface area contributed by atoms with Crippen LogP contribution in [-0.4, -0.2) is 72.6 Å². The number of likely N-dealkylation sites (tertiary alicyclic amines) is 1. The highest BCUT2D eigenvalue weighted by molar-refractivity contribution is 4.79. The molecule has 0 aliphatic carbocycles. The Bertz CT molecular complexity index is 322. The first-order valence-electron chi connectivity index (χ1n) is 10.7. The Labute approximate surface area is 151 Å². The van der Waals surface area contributed by atoms with E-state index in [9.17, 15) is 0 Å². The van der Waals surface area contributed by atoms with Crippen LogP contribution in [0.2, 0.25) is 0 Å². The summed E-state index contributed by atoms with van der Waals surface area (Å²) in [6, 6.07) is 1.47. The Morgan fingerprint density at radius 2 is 1.33 bits per heavy atom. The predicted octanol–water partition coefficient (Wildman–Crippen LogP) is 3.94. The van der Waals surface area contributed by atoms with Crippen molar-refractivity contribution in [3.8, 4) is 0 Å². The van der Waals surface area contributed by atoms with Crippen LogP contribution in [-0.2, 0) is 0 Å². The quantitative estimate of drug-likeness (QED) is 0.727. The topological polar surface area (TPSA) is 9.72 Å². The molecule has 0 aromatic carbocycles. The lowest BCUT2D eigenvalue weighted by Gasteiger charge is -2.38. The zero-order valence-corrected chi connectivity index (χ0v) is 17.1. The molecule has 1 atom stereocenters. The van der Waals surface area contributed by atoms with Crippen molar-refractivity contribution in [3.63, 3.8) is 0 Å². The van der Waals surface area contributed by atoms with Crippen molar-refractivity contribution in [1.82, 2.24) is 14.7 Å². The van der Waals surface area contributed by atoms with Gasteiger partial charge in [0.05, 0.1) is 0 Å². The Morgan fingerprint density at radius 3 is 1.83 bits per heavy atom. The van der Waals surface area contributed by atoms with Crippen LogP contribution >= 0.6 is 0 Å². The van der Waals surface area contributed by atoms with Crippen LogP contribution < -0.4 is 0 Å². The zero-order valence-electron chi connectivity index (χ0n) is 17.1. The van der Waals surface area contributed by atoms with E-state index in [-0.39, 0.29) is 0 Å². The molecule has 2 fully saturated rings. The third-order valence-corrected chi connectivity index (χ3v) is 6.57. The van der Waals surface area contributed by atoms with Crippen LogP contribution in [0.25, 0.3) is 0 Å². The summed E-state index contributed by atoms with van der Waals surface area (Å²) in [5.41, 5.74) is 0. The van der Waals surface area contributed by atoms with Crippen LogP contribution in [0.15, 0.2) is 0 Å². The monoisotopic (exact) mass is 337 g/mol. The van der Waals surface area contributed by atoms with E-state index in [1.54, 1.807) is 0 Å². The molecule has 0 aromatic heterocycles. The maximum atomic E-state index is 2.75. The first-order chi connectivity index (χ1) is 11.5. The van der Waals surface area contributed by atoms with Crippen molar-refractivity contribution >= 4 is 0 Å². The smallest absolute Gasteiger partial charge is 0.00791 e. The number of piperidine rings is 1. The summed E-state index contributed by atoms with van der Waals surface area (Å²) in [7, 11) is 0. The average molecular weight is 338 g/mol. The lowest BCUT2D eigenvalue weighted by molar-refractivity contribution is 0.104. The number of rotatable bonds is 6. The number of hydrogen-bond acceptors (Lipinski definition) is 3. The van der Waals surface area contributed by atoms with Crippen molar-refractivity contribution in [3.05, 3.63) is 0 Å². The molecule has 2 heterocycles. The van der Waals surface area contributed by atoms with Gasteiger partial charge in [0.25, 0.3) is 0 Å². The minimum Gasteiger partial charge on any atom is -0.303 e. The van der Waals surface area contributed by atoms with Crippen LogP contribution in [0.3, 0.4) is 0 Å². The zero-order chi connectivity index (χ0) is 17.5. The molecule has 0 aromatic rings. The molecular formula is C21H43N3. The predicted molar refractivity (Wildman–Crippen MR) is 106 cm³/mol. The van der Waals surface area contributed by atoms with Gasteiger partial charge in [-0.25, -0.2) is 0 Å². The maximum Gasteiger partial charge on any atom is 0.00791 e. The SMILES string of the molecule is CC(C)C1CCN(C(C)CCN2CCCN(C(C)C)CCC2)CC1. The van der Waals surface area contributed by atoms with Crippen LogP contribution in [0.1, 0.15) is 66.7 Å². The van der Waals surface area contributed by atoms with Crippen molar-refractivity contribution in [1.29, 1.82) is 0 Å². The third kappa shape index (κ3) is 6.31. The highest BCUT2D eigenvalue weighted by Crippen LogP contribution is 2.26. The number of nitrogens with zero attached hydrogens (tertiary/aromatic N) is 3. The van der Waals surface area contributed by atoms with Crippen molar-refractivity contribution in [2.45, 2.75) is 78.8 Å². The number of hydrogen-bond donors (Lipinski definition) is 0. The molecule has 0 saturated carbocycles. The lowest BCUT2D eigenvalue weighted by Crippen LogP contribution is -2.43. The van der Waals surface area contributed by atoms with E-state index in [4.69, 9.17) is 0 Å². The van der Waals surface area contributed by atoms with Gasteiger partial charge in [-0.3, -0.25) is 0 Å². The van der Waals surface area contributed by atoms with Crippen LogP contribution in [0, 0.1) is 11.8 Å². The Kier molecular flexibility index (Phi) is 8.53. The van der Waals surface area contributed by atoms with E-state index < -0.39 is 0 Å². The molecule has 1 unspecified atom stereocenters. The second-order valence-corrected chi connectivity index (χ2v) is 8.93. The van der Waals surface area contributed by atoms with Gasteiger partial charge in [-0.05, 0) is 111 Å². The van der Waals surface area contributed by atoms with E-state index in [2.05, 4.69) is 49.3 Å². The van der Waals surface area contributed by atoms with Crippen molar-refractivity contribution in [2.75, 3.05) is 45.8 Å². The normalized spacial score (nSPS) is 25.1. The molecule has 0 spiro atoms. The Morgan fingerprint density at radius 1 is 0.750 bits per heavy atom. The summed E-state index contributed by atoms with van der Waals surface area (Å²) in [5.74, 6) is 1.83. The van der Waals surface area contributed by atoms with Gasteiger partial charge in [0.1, 0.15) is 0 Å². The molecule has 2 aliphatic rings. The van der Waals surface area contributed by atoms with Gasteiger partial charge in [0.15, 0.2) is 0 Å². The van der Waals surface area contributed by atoms with E-state index in [1.165, 1.54) is 77.9 Å². The molecule has 3 nitrogen and oxygen atoms in total. The van der Waals surface area contributed by atoms with Gasteiger partial charge >= 0.3 is 0 Å². The molecule has 0 bridgehead atoms. The fraction of sp³-hybridized carbons (Fsp3) is 1.00. The standard InChI is InChI=1S/C21H43N3/c1-18(2)21-9-16-24(17-10-21)20(5)8-15-22-11-6-13-23(19(3)4)14-7-12-22/h18-21H,6-17H2,1-5H3. The summed E-state index contributed by atoms with van der Waals surface area (Å²) >= 11 is 0. The van der Waals surface area contributed by atoms with Gasteiger partial charge in [-0.1, -0.05) is 13.8 Å². The first kappa shape index (κ1) is 20.2. The second-order valence-electron chi connectivity index (χ2n) is 8.93. The van der Waals surface area contributed by atoms with Crippen molar-refractivity contribution < 1.29 is 0 Å². The van der Waals surface area contributed by atoms with E-state index in [1.807, 2.05) is 0 Å². The fourth-order valence-electron chi connectivity index (χ4n) is 4.54. The van der Waals surface area contributed by atoms with E-state index in [0.29, 0.717) is 6.04 Å². The second kappa shape index (κ2) is 10.1. The molecular weight excluding hydrogens is 294 g/mol. The molecule has 2 rings (SSSR count). The minimum atomic E-state index is 0.713. The van der Waals surface area contributed by atoms with E-state index in [0.717, 1.165) is 17.9 Å². The van der Waals surface area contributed by atoms with E-state index >= 15 is 0 Å². The average Bonchev–Trinajstić information content (AvgIpc) is 2.53. The molecule has 0 amide bonds. The summed E-state index contributed by atoms with van der Waals surface area (Å²) < 4.78 is 0. The molecule has 142 valence electrons. The summed E-state index contributed by atoms with van der Waals surface area (Å²) in [6.07, 6.45) is 6.85. The first-order valence-corrected chi connectivity index (χ1v) is 10.7. The molecule has 0 N–H and O–H groups in total. The fourth-order valence-corrected chi connectivity index (χ4v) is 4.54. The Hall–Kier alpha value is -0.120. The third-order valence-electron chi connectivity index (χ3n) is 6.57. The molecule has 2 aliphatic heterocycles. The van der Waals surface area contributed by atoms with Gasteiger partial charge in [-0.2, -0.15) is 0 Å². The van der Waals surface area contributed by atoms with Gasteiger partial charge in [-0.15, -0.1) is 0 Å². The molecule has 3 heteroatoms. The Balaban J connectivity index is 1.66. The minimum absolute atomic E-state index is 0.713. The summed E-state index contributed by atoms with van der Waals surface area (Å²) in [6.45, 7) is 21.0. The summed E-state index contributed by atoms with van der Waals surface area (Å²) in [5, 5.41) is 0. The molecule has 0 radical (unpaired) electrons. The maximum absolute atomic E-state index is 2.75. The van der Waals surface area contributed by atoms with Crippen LogP contribution in [0.4, 0.5) is 0 Å². The molecule has 2 saturated heterocycles. The molecule has 24 heavy (non-hydrogen) atoms. The highest BCUT2D eigenvalue weighted by Gasteiger charge is 2.24. The highest BCUT2D eigenvalue weighted by atomic mass is 15.2. The summed E-state index contributed by atoms with van der Waals surface area (Å²) in [4.78, 5) is 8.14. The van der Waals surface area contributed by atoms with Crippen LogP contribution in [0.5, 0.6) is 0 Å². The van der Waals surface area contributed by atoms with Gasteiger partial charge in [0.2, 0.25) is 0 Å². The van der Waals surface area contributed by atoms with Gasteiger partial charge in [0, 0.05) is 12.1 Å². The largest absolute Gasteiger partial charge is 0.303 e. The lowest BCUT2D eigenvalue weighted by atomic mass is 9.86.